The SMILES string of the molecule is CCCN(CCO)C(=O)N(CC(=O)O)C(C)(C)C. The molecule has 0 radical (unpaired) electrons. The number of urea groups is 1. The first-order valence-corrected chi connectivity index (χ1v) is 6.13. The second kappa shape index (κ2) is 7.20. The summed E-state index contributed by atoms with van der Waals surface area (Å²) in [6, 6.07) is -0.346. The van der Waals surface area contributed by atoms with Crippen molar-refractivity contribution in [3.8, 4) is 0 Å². The Kier molecular flexibility index (Phi) is 6.68. The summed E-state index contributed by atoms with van der Waals surface area (Å²) >= 11 is 0. The van der Waals surface area contributed by atoms with Crippen LogP contribution in [0.3, 0.4) is 0 Å². The predicted octanol–water partition coefficient (Wildman–Crippen LogP) is 0.996. The van der Waals surface area contributed by atoms with Crippen molar-refractivity contribution in [2.75, 3.05) is 26.2 Å². The van der Waals surface area contributed by atoms with E-state index in [1.165, 1.54) is 9.80 Å². The number of hydrogen-bond acceptors (Lipinski definition) is 3. The molecule has 0 aliphatic heterocycles. The van der Waals surface area contributed by atoms with Crippen molar-refractivity contribution in [3.63, 3.8) is 0 Å². The maximum Gasteiger partial charge on any atom is 0.323 e. The quantitative estimate of drug-likeness (QED) is 0.746. The lowest BCUT2D eigenvalue weighted by Crippen LogP contribution is -2.54. The van der Waals surface area contributed by atoms with Crippen molar-refractivity contribution in [2.24, 2.45) is 0 Å². The van der Waals surface area contributed by atoms with Crippen molar-refractivity contribution in [3.05, 3.63) is 0 Å². The van der Waals surface area contributed by atoms with E-state index in [0.717, 1.165) is 6.42 Å². The van der Waals surface area contributed by atoms with Crippen LogP contribution in [0.4, 0.5) is 4.79 Å². The minimum absolute atomic E-state index is 0.128. The third-order valence-corrected chi connectivity index (χ3v) is 2.47. The molecule has 0 aromatic heterocycles. The molecule has 0 aromatic rings. The van der Waals surface area contributed by atoms with Gasteiger partial charge in [0.05, 0.1) is 6.61 Å². The minimum Gasteiger partial charge on any atom is -0.480 e. The number of carboxylic acid groups (broad SMARTS) is 1. The van der Waals surface area contributed by atoms with E-state index in [2.05, 4.69) is 0 Å². The van der Waals surface area contributed by atoms with Crippen LogP contribution >= 0.6 is 0 Å². The van der Waals surface area contributed by atoms with E-state index in [4.69, 9.17) is 10.2 Å². The maximum atomic E-state index is 12.3. The molecule has 18 heavy (non-hydrogen) atoms. The van der Waals surface area contributed by atoms with Crippen LogP contribution in [0.5, 0.6) is 0 Å². The summed E-state index contributed by atoms with van der Waals surface area (Å²) in [5.41, 5.74) is -0.572. The van der Waals surface area contributed by atoms with Gasteiger partial charge in [0.25, 0.3) is 0 Å². The van der Waals surface area contributed by atoms with Crippen LogP contribution < -0.4 is 0 Å². The summed E-state index contributed by atoms with van der Waals surface area (Å²) in [5.74, 6) is -1.04. The average molecular weight is 260 g/mol. The van der Waals surface area contributed by atoms with Gasteiger partial charge < -0.3 is 20.0 Å². The summed E-state index contributed by atoms with van der Waals surface area (Å²) in [4.78, 5) is 25.9. The summed E-state index contributed by atoms with van der Waals surface area (Å²) < 4.78 is 0. The Labute approximate surface area is 108 Å². The summed E-state index contributed by atoms with van der Waals surface area (Å²) in [6.07, 6.45) is 0.761. The molecule has 0 fully saturated rings. The summed E-state index contributed by atoms with van der Waals surface area (Å²) in [7, 11) is 0. The van der Waals surface area contributed by atoms with Crippen LogP contribution in [0.1, 0.15) is 34.1 Å². The van der Waals surface area contributed by atoms with Crippen LogP contribution in [0.2, 0.25) is 0 Å². The summed E-state index contributed by atoms with van der Waals surface area (Å²) in [5, 5.41) is 17.8. The molecule has 0 saturated carbocycles. The fourth-order valence-corrected chi connectivity index (χ4v) is 1.59. The molecule has 0 unspecified atom stereocenters. The van der Waals surface area contributed by atoms with Crippen LogP contribution in [-0.4, -0.2) is 63.8 Å². The number of aliphatic hydroxyl groups is 1. The van der Waals surface area contributed by atoms with Gasteiger partial charge in [-0.25, -0.2) is 4.79 Å². The second-order valence-corrected chi connectivity index (χ2v) is 5.14. The number of carbonyl (C=O) groups is 2. The number of hydrogen-bond donors (Lipinski definition) is 2. The van der Waals surface area contributed by atoms with E-state index in [1.54, 1.807) is 20.8 Å². The lowest BCUT2D eigenvalue weighted by atomic mass is 10.1. The average Bonchev–Trinajstić information content (AvgIpc) is 2.23. The number of aliphatic carboxylic acids is 1. The topological polar surface area (TPSA) is 81.1 Å². The van der Waals surface area contributed by atoms with Gasteiger partial charge in [-0.2, -0.15) is 0 Å². The van der Waals surface area contributed by atoms with Crippen LogP contribution in [0, 0.1) is 0 Å². The number of rotatable bonds is 6. The molecule has 6 nitrogen and oxygen atoms in total. The lowest BCUT2D eigenvalue weighted by Gasteiger charge is -2.38. The van der Waals surface area contributed by atoms with Gasteiger partial charge in [-0.1, -0.05) is 6.92 Å². The van der Waals surface area contributed by atoms with Gasteiger partial charge >= 0.3 is 12.0 Å². The molecule has 2 N–H and O–H groups in total. The Morgan fingerprint density at radius 2 is 1.72 bits per heavy atom. The molecule has 0 spiro atoms. The van der Waals surface area contributed by atoms with Gasteiger partial charge in [0.1, 0.15) is 6.54 Å². The number of amides is 2. The highest BCUT2D eigenvalue weighted by molar-refractivity contribution is 5.80. The number of aliphatic hydroxyl groups excluding tert-OH is 1. The van der Waals surface area contributed by atoms with Crippen LogP contribution in [0.25, 0.3) is 0 Å². The third kappa shape index (κ3) is 5.35. The molecule has 0 saturated heterocycles. The lowest BCUT2D eigenvalue weighted by molar-refractivity contribution is -0.138. The fourth-order valence-electron chi connectivity index (χ4n) is 1.59. The molecule has 0 aliphatic carbocycles. The van der Waals surface area contributed by atoms with E-state index in [1.807, 2.05) is 6.92 Å². The molecule has 0 rings (SSSR count). The number of nitrogens with zero attached hydrogens (tertiary/aromatic N) is 2. The highest BCUT2D eigenvalue weighted by atomic mass is 16.4. The van der Waals surface area contributed by atoms with E-state index < -0.39 is 11.5 Å². The predicted molar refractivity (Wildman–Crippen MR) is 68.4 cm³/mol. The second-order valence-electron chi connectivity index (χ2n) is 5.14. The Morgan fingerprint density at radius 1 is 1.17 bits per heavy atom. The molecular formula is C12H24N2O4. The van der Waals surface area contributed by atoms with E-state index in [9.17, 15) is 9.59 Å². The smallest absolute Gasteiger partial charge is 0.323 e. The molecule has 0 aliphatic rings. The van der Waals surface area contributed by atoms with E-state index >= 15 is 0 Å². The Balaban J connectivity index is 4.96. The van der Waals surface area contributed by atoms with E-state index in [-0.39, 0.29) is 25.7 Å². The van der Waals surface area contributed by atoms with Gasteiger partial charge in [0.15, 0.2) is 0 Å². The molecular weight excluding hydrogens is 236 g/mol. The highest BCUT2D eigenvalue weighted by Crippen LogP contribution is 2.15. The van der Waals surface area contributed by atoms with E-state index in [0.29, 0.717) is 6.54 Å². The zero-order valence-corrected chi connectivity index (χ0v) is 11.6. The van der Waals surface area contributed by atoms with Crippen molar-refractivity contribution in [1.82, 2.24) is 9.80 Å². The van der Waals surface area contributed by atoms with Gasteiger partial charge in [-0.05, 0) is 27.2 Å². The van der Waals surface area contributed by atoms with Crippen molar-refractivity contribution < 1.29 is 19.8 Å². The molecule has 2 amide bonds. The van der Waals surface area contributed by atoms with Crippen LogP contribution in [-0.2, 0) is 4.79 Å². The van der Waals surface area contributed by atoms with Crippen molar-refractivity contribution >= 4 is 12.0 Å². The monoisotopic (exact) mass is 260 g/mol. The first kappa shape index (κ1) is 16.7. The van der Waals surface area contributed by atoms with Gasteiger partial charge in [-0.15, -0.1) is 0 Å². The zero-order valence-electron chi connectivity index (χ0n) is 11.6. The van der Waals surface area contributed by atoms with Crippen molar-refractivity contribution in [1.29, 1.82) is 0 Å². The first-order chi connectivity index (χ1) is 8.23. The summed E-state index contributed by atoms with van der Waals surface area (Å²) in [6.45, 7) is 7.55. The standard InChI is InChI=1S/C12H24N2O4/c1-5-6-13(7-8-15)11(18)14(9-10(16)17)12(2,3)4/h15H,5-9H2,1-4H3,(H,16,17). The molecule has 0 aromatic carbocycles. The minimum atomic E-state index is -1.04. The van der Waals surface area contributed by atoms with Crippen molar-refractivity contribution in [2.45, 2.75) is 39.7 Å². The molecule has 0 atom stereocenters. The molecule has 6 heteroatoms. The van der Waals surface area contributed by atoms with Gasteiger partial charge in [0.2, 0.25) is 0 Å². The van der Waals surface area contributed by atoms with Crippen LogP contribution in [0.15, 0.2) is 0 Å². The number of carbonyl (C=O) groups excluding carboxylic acids is 1. The normalized spacial score (nSPS) is 11.2. The number of carboxylic acids is 1. The molecule has 0 heterocycles. The first-order valence-electron chi connectivity index (χ1n) is 6.13. The Hall–Kier alpha value is -1.30. The zero-order chi connectivity index (χ0) is 14.3. The molecule has 106 valence electrons. The van der Waals surface area contributed by atoms with Gasteiger partial charge in [-0.3, -0.25) is 4.79 Å². The molecule has 0 bridgehead atoms. The highest BCUT2D eigenvalue weighted by Gasteiger charge is 2.31. The third-order valence-electron chi connectivity index (χ3n) is 2.47. The van der Waals surface area contributed by atoms with Gasteiger partial charge in [0, 0.05) is 18.6 Å². The largest absolute Gasteiger partial charge is 0.480 e. The fraction of sp³-hybridized carbons (Fsp3) is 0.833. The maximum absolute atomic E-state index is 12.3. The Morgan fingerprint density at radius 3 is 2.06 bits per heavy atom. The Bertz CT molecular complexity index is 280.